The molecule has 0 spiro atoms. The third kappa shape index (κ3) is 2.67. The van der Waals surface area contributed by atoms with Gasteiger partial charge in [0.25, 0.3) is 0 Å². The molecule has 1 aliphatic rings. The third-order valence-electron chi connectivity index (χ3n) is 4.54. The van der Waals surface area contributed by atoms with Crippen LogP contribution in [0.1, 0.15) is 44.4 Å². The highest BCUT2D eigenvalue weighted by Crippen LogP contribution is 2.23. The van der Waals surface area contributed by atoms with Gasteiger partial charge in [0.1, 0.15) is 5.65 Å². The average Bonchev–Trinajstić information content (AvgIpc) is 2.82. The summed E-state index contributed by atoms with van der Waals surface area (Å²) in [6.07, 6.45) is 7.80. The number of rotatable bonds is 2. The van der Waals surface area contributed by atoms with Crippen LogP contribution in [0.3, 0.4) is 0 Å². The highest BCUT2D eigenvalue weighted by Gasteiger charge is 2.29. The van der Waals surface area contributed by atoms with E-state index >= 15 is 0 Å². The van der Waals surface area contributed by atoms with Crippen LogP contribution >= 0.6 is 0 Å². The van der Waals surface area contributed by atoms with Crippen molar-refractivity contribution < 1.29 is 4.79 Å². The highest BCUT2D eigenvalue weighted by molar-refractivity contribution is 5.79. The lowest BCUT2D eigenvalue weighted by molar-refractivity contribution is -0.136. The molecule has 1 amide bonds. The zero-order valence-electron chi connectivity index (χ0n) is 13.0. The minimum Gasteiger partial charge on any atom is -0.337 e. The summed E-state index contributed by atoms with van der Waals surface area (Å²) in [7, 11) is 0. The number of piperidine rings is 1. The molecule has 2 aromatic heterocycles. The molecule has 0 bridgehead atoms. The molecule has 0 saturated carbocycles. The molecular formula is C17H23N3O. The molecule has 21 heavy (non-hydrogen) atoms. The van der Waals surface area contributed by atoms with Crippen LogP contribution < -0.4 is 0 Å². The SMILES string of the molecule is Cc1cccn2cc(CC(=O)N3C(C)CCCC3C)nc12. The lowest BCUT2D eigenvalue weighted by Crippen LogP contribution is -2.48. The van der Waals surface area contributed by atoms with Crippen molar-refractivity contribution in [3.63, 3.8) is 0 Å². The summed E-state index contributed by atoms with van der Waals surface area (Å²) in [6, 6.07) is 4.74. The third-order valence-corrected chi connectivity index (χ3v) is 4.54. The van der Waals surface area contributed by atoms with E-state index in [-0.39, 0.29) is 5.91 Å². The number of likely N-dealkylation sites (tertiary alicyclic amines) is 1. The Labute approximate surface area is 125 Å². The average molecular weight is 285 g/mol. The Kier molecular flexibility index (Phi) is 3.70. The Hall–Kier alpha value is -1.84. The summed E-state index contributed by atoms with van der Waals surface area (Å²) < 4.78 is 2.00. The van der Waals surface area contributed by atoms with Crippen molar-refractivity contribution in [2.75, 3.05) is 0 Å². The Morgan fingerprint density at radius 1 is 1.33 bits per heavy atom. The first-order valence-corrected chi connectivity index (χ1v) is 7.80. The largest absolute Gasteiger partial charge is 0.337 e. The molecule has 0 aromatic carbocycles. The normalized spacial score (nSPS) is 22.7. The van der Waals surface area contributed by atoms with Gasteiger partial charge in [-0.2, -0.15) is 0 Å². The Morgan fingerprint density at radius 2 is 2.05 bits per heavy atom. The van der Waals surface area contributed by atoms with Crippen LogP contribution in [0.5, 0.6) is 0 Å². The number of imidazole rings is 1. The molecule has 3 rings (SSSR count). The molecule has 0 N–H and O–H groups in total. The van der Waals surface area contributed by atoms with Gasteiger partial charge in [0.2, 0.25) is 5.91 Å². The fourth-order valence-corrected chi connectivity index (χ4v) is 3.45. The van der Waals surface area contributed by atoms with Crippen molar-refractivity contribution >= 4 is 11.6 Å². The molecule has 2 unspecified atom stereocenters. The predicted molar refractivity (Wildman–Crippen MR) is 83.3 cm³/mol. The van der Waals surface area contributed by atoms with Crippen molar-refractivity contribution in [3.05, 3.63) is 35.8 Å². The van der Waals surface area contributed by atoms with Gasteiger partial charge in [-0.05, 0) is 51.7 Å². The number of fused-ring (bicyclic) bond motifs is 1. The molecule has 4 nitrogen and oxygen atoms in total. The van der Waals surface area contributed by atoms with Gasteiger partial charge in [0.05, 0.1) is 12.1 Å². The van der Waals surface area contributed by atoms with Gasteiger partial charge in [-0.15, -0.1) is 0 Å². The van der Waals surface area contributed by atoms with Crippen molar-refractivity contribution in [1.82, 2.24) is 14.3 Å². The van der Waals surface area contributed by atoms with Gasteiger partial charge in [0.15, 0.2) is 0 Å². The van der Waals surface area contributed by atoms with E-state index in [1.165, 1.54) is 6.42 Å². The van der Waals surface area contributed by atoms with Gasteiger partial charge < -0.3 is 9.30 Å². The van der Waals surface area contributed by atoms with Crippen LogP contribution in [0.2, 0.25) is 0 Å². The minimum atomic E-state index is 0.204. The van der Waals surface area contributed by atoms with Gasteiger partial charge in [0, 0.05) is 24.5 Å². The summed E-state index contributed by atoms with van der Waals surface area (Å²) in [6.45, 7) is 6.35. The lowest BCUT2D eigenvalue weighted by atomic mass is 9.97. The van der Waals surface area contributed by atoms with Gasteiger partial charge in [-0.3, -0.25) is 4.79 Å². The minimum absolute atomic E-state index is 0.204. The van der Waals surface area contributed by atoms with E-state index in [1.54, 1.807) is 0 Å². The van der Waals surface area contributed by atoms with Crippen LogP contribution in [0.4, 0.5) is 0 Å². The number of aryl methyl sites for hydroxylation is 1. The van der Waals surface area contributed by atoms with Gasteiger partial charge >= 0.3 is 0 Å². The molecule has 0 radical (unpaired) electrons. The molecule has 1 saturated heterocycles. The van der Waals surface area contributed by atoms with Crippen LogP contribution in [0.25, 0.3) is 5.65 Å². The predicted octanol–water partition coefficient (Wildman–Crippen LogP) is 2.97. The first kappa shape index (κ1) is 14.1. The second-order valence-corrected chi connectivity index (χ2v) is 6.26. The van der Waals surface area contributed by atoms with Gasteiger partial charge in [-0.1, -0.05) is 6.07 Å². The number of pyridine rings is 1. The van der Waals surface area contributed by atoms with E-state index in [1.807, 2.05) is 35.9 Å². The Morgan fingerprint density at radius 3 is 2.71 bits per heavy atom. The molecular weight excluding hydrogens is 262 g/mol. The van der Waals surface area contributed by atoms with E-state index in [9.17, 15) is 4.79 Å². The summed E-state index contributed by atoms with van der Waals surface area (Å²) >= 11 is 0. The quantitative estimate of drug-likeness (QED) is 0.850. The Balaban J connectivity index is 1.81. The molecule has 1 fully saturated rings. The lowest BCUT2D eigenvalue weighted by Gasteiger charge is -2.39. The first-order valence-electron chi connectivity index (χ1n) is 7.80. The molecule has 1 aliphatic heterocycles. The van der Waals surface area contributed by atoms with E-state index in [0.29, 0.717) is 18.5 Å². The number of amides is 1. The zero-order chi connectivity index (χ0) is 15.0. The fraction of sp³-hybridized carbons (Fsp3) is 0.529. The van der Waals surface area contributed by atoms with Crippen molar-refractivity contribution in [1.29, 1.82) is 0 Å². The number of hydrogen-bond acceptors (Lipinski definition) is 2. The maximum absolute atomic E-state index is 12.6. The van der Waals surface area contributed by atoms with E-state index in [0.717, 1.165) is 29.7 Å². The molecule has 3 heterocycles. The zero-order valence-corrected chi connectivity index (χ0v) is 13.0. The maximum Gasteiger partial charge on any atom is 0.229 e. The van der Waals surface area contributed by atoms with Crippen LogP contribution in [-0.2, 0) is 11.2 Å². The smallest absolute Gasteiger partial charge is 0.229 e. The summed E-state index contributed by atoms with van der Waals surface area (Å²) in [5.74, 6) is 0.204. The van der Waals surface area contributed by atoms with Crippen LogP contribution in [0.15, 0.2) is 24.5 Å². The Bertz CT molecular complexity index is 651. The summed E-state index contributed by atoms with van der Waals surface area (Å²) in [4.78, 5) is 19.3. The van der Waals surface area contributed by atoms with E-state index in [2.05, 4.69) is 23.7 Å². The number of carbonyl (C=O) groups is 1. The highest BCUT2D eigenvalue weighted by atomic mass is 16.2. The topological polar surface area (TPSA) is 37.6 Å². The first-order chi connectivity index (χ1) is 10.1. The number of hydrogen-bond donors (Lipinski definition) is 0. The number of aromatic nitrogens is 2. The van der Waals surface area contributed by atoms with E-state index in [4.69, 9.17) is 0 Å². The molecule has 112 valence electrons. The standard InChI is InChI=1S/C17H23N3O/c1-12-6-5-9-19-11-15(18-17(12)19)10-16(21)20-13(2)7-4-8-14(20)3/h5-6,9,11,13-14H,4,7-8,10H2,1-3H3. The maximum atomic E-state index is 12.6. The number of carbonyl (C=O) groups excluding carboxylic acids is 1. The fourth-order valence-electron chi connectivity index (χ4n) is 3.45. The van der Waals surface area contributed by atoms with Gasteiger partial charge in [-0.25, -0.2) is 4.98 Å². The molecule has 2 atom stereocenters. The second-order valence-electron chi connectivity index (χ2n) is 6.26. The monoisotopic (exact) mass is 285 g/mol. The molecule has 2 aromatic rings. The summed E-state index contributed by atoms with van der Waals surface area (Å²) in [5.41, 5.74) is 2.94. The van der Waals surface area contributed by atoms with Crippen LogP contribution in [-0.4, -0.2) is 32.3 Å². The van der Waals surface area contributed by atoms with Crippen molar-refractivity contribution in [3.8, 4) is 0 Å². The van der Waals surface area contributed by atoms with Crippen molar-refractivity contribution in [2.45, 2.75) is 58.5 Å². The van der Waals surface area contributed by atoms with Crippen LogP contribution in [0, 0.1) is 6.92 Å². The van der Waals surface area contributed by atoms with Crippen molar-refractivity contribution in [2.24, 2.45) is 0 Å². The number of nitrogens with zero attached hydrogens (tertiary/aromatic N) is 3. The molecule has 4 heteroatoms. The second kappa shape index (κ2) is 5.51. The summed E-state index contributed by atoms with van der Waals surface area (Å²) in [5, 5.41) is 0. The van der Waals surface area contributed by atoms with E-state index < -0.39 is 0 Å². The molecule has 0 aliphatic carbocycles.